The fraction of sp³-hybridized carbons (Fsp3) is 0.500. The van der Waals surface area contributed by atoms with E-state index in [0.29, 0.717) is 19.0 Å². The molecule has 1 aliphatic rings. The maximum absolute atomic E-state index is 12.9. The third kappa shape index (κ3) is 3.44. The summed E-state index contributed by atoms with van der Waals surface area (Å²) in [6.07, 6.45) is 2.46. The second-order valence-corrected chi connectivity index (χ2v) is 4.70. The van der Waals surface area contributed by atoms with Gasteiger partial charge in [-0.05, 0) is 37.0 Å². The van der Waals surface area contributed by atoms with E-state index in [2.05, 4.69) is 5.32 Å². The molecule has 0 spiro atoms. The lowest BCUT2D eigenvalue weighted by molar-refractivity contribution is 0.171. The van der Waals surface area contributed by atoms with Crippen molar-refractivity contribution in [3.63, 3.8) is 0 Å². The minimum absolute atomic E-state index is 0.111. The van der Waals surface area contributed by atoms with Crippen LogP contribution in [0.15, 0.2) is 18.2 Å². The Morgan fingerprint density at radius 3 is 2.88 bits per heavy atom. The average Bonchev–Trinajstić information content (AvgIpc) is 3.04. The van der Waals surface area contributed by atoms with Gasteiger partial charge in [-0.2, -0.15) is 0 Å². The van der Waals surface area contributed by atoms with Gasteiger partial charge in [-0.3, -0.25) is 0 Å². The Labute approximate surface area is 99.4 Å². The van der Waals surface area contributed by atoms with Crippen molar-refractivity contribution in [1.29, 1.82) is 0 Å². The number of halogens is 2. The van der Waals surface area contributed by atoms with Crippen LogP contribution in [0.25, 0.3) is 0 Å². The van der Waals surface area contributed by atoms with Crippen molar-refractivity contribution in [3.8, 4) is 0 Å². The van der Waals surface area contributed by atoms with Gasteiger partial charge in [-0.25, -0.2) is 4.39 Å². The molecule has 1 aliphatic carbocycles. The van der Waals surface area contributed by atoms with Gasteiger partial charge in [-0.1, -0.05) is 17.7 Å². The van der Waals surface area contributed by atoms with Gasteiger partial charge >= 0.3 is 0 Å². The summed E-state index contributed by atoms with van der Waals surface area (Å²) in [5.41, 5.74) is 0.858. The number of rotatable bonds is 5. The van der Waals surface area contributed by atoms with Crippen LogP contribution >= 0.6 is 11.6 Å². The van der Waals surface area contributed by atoms with Gasteiger partial charge in [-0.15, -0.1) is 0 Å². The first-order valence-corrected chi connectivity index (χ1v) is 5.88. The zero-order chi connectivity index (χ0) is 11.5. The van der Waals surface area contributed by atoms with Gasteiger partial charge in [0.2, 0.25) is 0 Å². The second kappa shape index (κ2) is 5.13. The van der Waals surface area contributed by atoms with Gasteiger partial charge in [0, 0.05) is 12.6 Å². The highest BCUT2D eigenvalue weighted by Gasteiger charge is 2.21. The SMILES string of the molecule is OC(CNC1CC1)Cc1ccc(F)c(Cl)c1. The smallest absolute Gasteiger partial charge is 0.141 e. The van der Waals surface area contributed by atoms with Crippen LogP contribution in [-0.2, 0) is 6.42 Å². The van der Waals surface area contributed by atoms with E-state index in [1.807, 2.05) is 0 Å². The molecule has 0 aromatic heterocycles. The van der Waals surface area contributed by atoms with Crippen molar-refractivity contribution in [2.24, 2.45) is 0 Å². The molecule has 1 saturated carbocycles. The largest absolute Gasteiger partial charge is 0.391 e. The Morgan fingerprint density at radius 2 is 2.25 bits per heavy atom. The third-order valence-corrected chi connectivity index (χ3v) is 2.96. The summed E-state index contributed by atoms with van der Waals surface area (Å²) in [7, 11) is 0. The minimum Gasteiger partial charge on any atom is -0.391 e. The first kappa shape index (κ1) is 11.8. The summed E-state index contributed by atoms with van der Waals surface area (Å²) in [5, 5.41) is 13.1. The van der Waals surface area contributed by atoms with E-state index in [9.17, 15) is 9.50 Å². The fourth-order valence-corrected chi connectivity index (χ4v) is 1.80. The van der Waals surface area contributed by atoms with Crippen LogP contribution in [0.3, 0.4) is 0 Å². The molecule has 2 N–H and O–H groups in total. The molecule has 0 radical (unpaired) electrons. The molecule has 0 amide bonds. The zero-order valence-corrected chi connectivity index (χ0v) is 9.67. The molecule has 1 aromatic carbocycles. The molecule has 0 bridgehead atoms. The topological polar surface area (TPSA) is 32.3 Å². The van der Waals surface area contributed by atoms with Crippen molar-refractivity contribution < 1.29 is 9.50 Å². The number of benzene rings is 1. The van der Waals surface area contributed by atoms with Crippen molar-refractivity contribution in [2.45, 2.75) is 31.4 Å². The highest BCUT2D eigenvalue weighted by molar-refractivity contribution is 6.30. The van der Waals surface area contributed by atoms with E-state index in [1.54, 1.807) is 12.1 Å². The molecule has 16 heavy (non-hydrogen) atoms. The Morgan fingerprint density at radius 1 is 1.50 bits per heavy atom. The maximum atomic E-state index is 12.9. The van der Waals surface area contributed by atoms with Crippen molar-refractivity contribution in [2.75, 3.05) is 6.54 Å². The highest BCUT2D eigenvalue weighted by Crippen LogP contribution is 2.19. The number of hydrogen-bond acceptors (Lipinski definition) is 2. The lowest BCUT2D eigenvalue weighted by atomic mass is 10.1. The Hall–Kier alpha value is -0.640. The van der Waals surface area contributed by atoms with Crippen molar-refractivity contribution in [1.82, 2.24) is 5.32 Å². The second-order valence-electron chi connectivity index (χ2n) is 4.29. The molecule has 1 atom stereocenters. The van der Waals surface area contributed by atoms with Gasteiger partial charge < -0.3 is 10.4 Å². The summed E-state index contributed by atoms with van der Waals surface area (Å²) in [4.78, 5) is 0. The molecule has 0 saturated heterocycles. The van der Waals surface area contributed by atoms with Crippen LogP contribution < -0.4 is 5.32 Å². The van der Waals surface area contributed by atoms with E-state index in [0.717, 1.165) is 5.56 Å². The molecule has 4 heteroatoms. The molecule has 1 fully saturated rings. The highest BCUT2D eigenvalue weighted by atomic mass is 35.5. The van der Waals surface area contributed by atoms with E-state index in [4.69, 9.17) is 11.6 Å². The van der Waals surface area contributed by atoms with Crippen molar-refractivity contribution >= 4 is 11.6 Å². The zero-order valence-electron chi connectivity index (χ0n) is 8.92. The predicted octanol–water partition coefficient (Wildman–Crippen LogP) is 2.13. The number of aliphatic hydroxyl groups excluding tert-OH is 1. The fourth-order valence-electron chi connectivity index (χ4n) is 1.60. The monoisotopic (exact) mass is 243 g/mol. The third-order valence-electron chi connectivity index (χ3n) is 2.67. The maximum Gasteiger partial charge on any atom is 0.141 e. The summed E-state index contributed by atoms with van der Waals surface area (Å²) in [5.74, 6) is -0.420. The van der Waals surface area contributed by atoms with Crippen LogP contribution in [0.2, 0.25) is 5.02 Å². The van der Waals surface area contributed by atoms with E-state index >= 15 is 0 Å². The summed E-state index contributed by atoms with van der Waals surface area (Å²) >= 11 is 5.66. The average molecular weight is 244 g/mol. The van der Waals surface area contributed by atoms with E-state index in [1.165, 1.54) is 18.9 Å². The van der Waals surface area contributed by atoms with Crippen LogP contribution in [0.5, 0.6) is 0 Å². The van der Waals surface area contributed by atoms with Gasteiger partial charge in [0.15, 0.2) is 0 Å². The molecule has 0 heterocycles. The predicted molar refractivity (Wildman–Crippen MR) is 62.1 cm³/mol. The van der Waals surface area contributed by atoms with Crippen molar-refractivity contribution in [3.05, 3.63) is 34.6 Å². The van der Waals surface area contributed by atoms with Crippen LogP contribution in [0.1, 0.15) is 18.4 Å². The standard InChI is InChI=1S/C12H15ClFNO/c13-11-6-8(1-4-12(11)14)5-10(16)7-15-9-2-3-9/h1,4,6,9-10,15-16H,2-3,5,7H2. The Balaban J connectivity index is 1.84. The normalized spacial score (nSPS) is 17.4. The first-order chi connectivity index (χ1) is 7.65. The number of nitrogens with one attached hydrogen (secondary N) is 1. The molecule has 0 aliphatic heterocycles. The summed E-state index contributed by atoms with van der Waals surface area (Å²) < 4.78 is 12.9. The van der Waals surface area contributed by atoms with Gasteiger partial charge in [0.1, 0.15) is 5.82 Å². The minimum atomic E-state index is -0.442. The molecule has 2 nitrogen and oxygen atoms in total. The van der Waals surface area contributed by atoms with Gasteiger partial charge in [0.05, 0.1) is 11.1 Å². The molecule has 1 aromatic rings. The Kier molecular flexibility index (Phi) is 3.79. The van der Waals surface area contributed by atoms with E-state index in [-0.39, 0.29) is 5.02 Å². The molecular formula is C12H15ClFNO. The van der Waals surface area contributed by atoms with E-state index < -0.39 is 11.9 Å². The molecular weight excluding hydrogens is 229 g/mol. The van der Waals surface area contributed by atoms with Crippen LogP contribution in [0.4, 0.5) is 4.39 Å². The van der Waals surface area contributed by atoms with Crippen LogP contribution in [0, 0.1) is 5.82 Å². The number of aliphatic hydroxyl groups is 1. The lowest BCUT2D eigenvalue weighted by Gasteiger charge is -2.11. The van der Waals surface area contributed by atoms with Crippen LogP contribution in [-0.4, -0.2) is 23.8 Å². The molecule has 2 rings (SSSR count). The Bertz CT molecular complexity index is 368. The first-order valence-electron chi connectivity index (χ1n) is 5.50. The molecule has 88 valence electrons. The van der Waals surface area contributed by atoms with Gasteiger partial charge in [0.25, 0.3) is 0 Å². The summed E-state index contributed by atoms with van der Waals surface area (Å²) in [6.45, 7) is 0.583. The number of hydrogen-bond donors (Lipinski definition) is 2. The quantitative estimate of drug-likeness (QED) is 0.831. The summed E-state index contributed by atoms with van der Waals surface area (Å²) in [6, 6.07) is 5.14. The molecule has 1 unspecified atom stereocenters. The lowest BCUT2D eigenvalue weighted by Crippen LogP contribution is -2.29.